The number of fused-ring (bicyclic) bond motifs is 3. The summed E-state index contributed by atoms with van der Waals surface area (Å²) in [5, 5.41) is 22.1. The van der Waals surface area contributed by atoms with Crippen LogP contribution in [0.5, 0.6) is 0 Å². The number of pyridine rings is 1. The van der Waals surface area contributed by atoms with Crippen LogP contribution in [-0.2, 0) is 6.54 Å². The number of anilines is 1. The van der Waals surface area contributed by atoms with Crippen LogP contribution in [0.2, 0.25) is 0 Å². The summed E-state index contributed by atoms with van der Waals surface area (Å²) < 4.78 is 1.83. The number of nitrogen functional groups attached to an aromatic ring is 1. The van der Waals surface area contributed by atoms with E-state index in [1.807, 2.05) is 35.1 Å². The quantitative estimate of drug-likeness (QED) is 0.562. The monoisotopic (exact) mass is 317 g/mol. The van der Waals surface area contributed by atoms with Gasteiger partial charge in [0.05, 0.1) is 22.7 Å². The van der Waals surface area contributed by atoms with E-state index in [1.165, 1.54) is 0 Å². The molecule has 0 unspecified atom stereocenters. The Kier molecular flexibility index (Phi) is 3.35. The van der Waals surface area contributed by atoms with Gasteiger partial charge >= 0.3 is 0 Å². The molecule has 3 heterocycles. The zero-order chi connectivity index (χ0) is 16.5. The molecule has 1 aromatic carbocycles. The number of nitrogens with zero attached hydrogens (tertiary/aromatic N) is 5. The first-order valence-corrected chi connectivity index (χ1v) is 7.70. The zero-order valence-electron chi connectivity index (χ0n) is 12.9. The van der Waals surface area contributed by atoms with Crippen LogP contribution in [0.1, 0.15) is 12.8 Å². The standard InChI is InChI=1S/C17H15N7/c18-6-1-2-8-24-10-13-16(23-24)12-4-3-11(14-5-7-20-22-14)9-15(12)21-17(13)19/h3-5,7,9-10H,1-2,8H2,(H2,19,21)(H,20,22). The predicted octanol–water partition coefficient (Wildman–Crippen LogP) is 2.86. The average molecular weight is 317 g/mol. The number of aromatic nitrogens is 5. The Morgan fingerprint density at radius 2 is 2.17 bits per heavy atom. The highest BCUT2D eigenvalue weighted by atomic mass is 15.3. The largest absolute Gasteiger partial charge is 0.383 e. The van der Waals surface area contributed by atoms with Crippen molar-refractivity contribution in [1.82, 2.24) is 25.0 Å². The van der Waals surface area contributed by atoms with Gasteiger partial charge in [0.25, 0.3) is 0 Å². The van der Waals surface area contributed by atoms with Gasteiger partial charge in [-0.3, -0.25) is 9.78 Å². The van der Waals surface area contributed by atoms with Gasteiger partial charge in [-0.15, -0.1) is 0 Å². The summed E-state index contributed by atoms with van der Waals surface area (Å²) in [5.41, 5.74) is 9.59. The number of nitrogens with one attached hydrogen (secondary N) is 1. The smallest absolute Gasteiger partial charge is 0.135 e. The lowest BCUT2D eigenvalue weighted by Crippen LogP contribution is -1.97. The molecule has 3 N–H and O–H groups in total. The minimum atomic E-state index is 0.461. The number of nitrogens with two attached hydrogens (primary N) is 1. The summed E-state index contributed by atoms with van der Waals surface area (Å²) in [6.45, 7) is 0.689. The molecular formula is C17H15N7. The molecule has 0 aliphatic carbocycles. The van der Waals surface area contributed by atoms with Crippen LogP contribution < -0.4 is 5.73 Å². The summed E-state index contributed by atoms with van der Waals surface area (Å²) >= 11 is 0. The summed E-state index contributed by atoms with van der Waals surface area (Å²) in [5.74, 6) is 0.461. The van der Waals surface area contributed by atoms with Crippen molar-refractivity contribution in [3.05, 3.63) is 36.7 Å². The van der Waals surface area contributed by atoms with E-state index in [4.69, 9.17) is 11.0 Å². The second-order valence-electron chi connectivity index (χ2n) is 5.60. The number of rotatable bonds is 4. The Morgan fingerprint density at radius 1 is 1.25 bits per heavy atom. The number of hydrogen-bond donors (Lipinski definition) is 2. The topological polar surface area (TPSA) is 109 Å². The lowest BCUT2D eigenvalue weighted by Gasteiger charge is -2.03. The maximum absolute atomic E-state index is 8.66. The van der Waals surface area contributed by atoms with Crippen molar-refractivity contribution >= 4 is 27.6 Å². The Morgan fingerprint density at radius 3 is 2.96 bits per heavy atom. The molecule has 3 aromatic heterocycles. The minimum Gasteiger partial charge on any atom is -0.383 e. The molecule has 4 rings (SSSR count). The molecule has 0 atom stereocenters. The Balaban J connectivity index is 1.83. The van der Waals surface area contributed by atoms with Gasteiger partial charge in [-0.1, -0.05) is 6.07 Å². The van der Waals surface area contributed by atoms with Crippen LogP contribution >= 0.6 is 0 Å². The van der Waals surface area contributed by atoms with Crippen LogP contribution in [0, 0.1) is 11.3 Å². The molecule has 118 valence electrons. The van der Waals surface area contributed by atoms with Crippen molar-refractivity contribution in [2.24, 2.45) is 0 Å². The van der Waals surface area contributed by atoms with Gasteiger partial charge in [0, 0.05) is 36.3 Å². The van der Waals surface area contributed by atoms with Crippen LogP contribution in [0.15, 0.2) is 36.7 Å². The number of unbranched alkanes of at least 4 members (excludes halogenated alkanes) is 1. The Hall–Kier alpha value is -3.40. The first-order valence-electron chi connectivity index (χ1n) is 7.70. The molecule has 0 aliphatic rings. The maximum atomic E-state index is 8.66. The van der Waals surface area contributed by atoms with E-state index in [0.29, 0.717) is 18.8 Å². The van der Waals surface area contributed by atoms with E-state index in [2.05, 4.69) is 26.3 Å². The maximum Gasteiger partial charge on any atom is 0.135 e. The van der Waals surface area contributed by atoms with Crippen molar-refractivity contribution in [2.75, 3.05) is 5.73 Å². The average Bonchev–Trinajstić information content (AvgIpc) is 3.25. The Labute approximate surface area is 137 Å². The summed E-state index contributed by atoms with van der Waals surface area (Å²) in [7, 11) is 0. The van der Waals surface area contributed by atoms with Crippen LogP contribution in [-0.4, -0.2) is 25.0 Å². The molecule has 0 aliphatic heterocycles. The van der Waals surface area contributed by atoms with Crippen LogP contribution in [0.25, 0.3) is 33.1 Å². The third-order valence-electron chi connectivity index (χ3n) is 4.00. The number of benzene rings is 1. The number of H-pyrrole nitrogens is 1. The fraction of sp³-hybridized carbons (Fsp3) is 0.176. The van der Waals surface area contributed by atoms with Gasteiger partial charge in [0.2, 0.25) is 0 Å². The van der Waals surface area contributed by atoms with Gasteiger partial charge in [-0.05, 0) is 24.6 Å². The molecule has 7 nitrogen and oxygen atoms in total. The molecule has 0 spiro atoms. The van der Waals surface area contributed by atoms with Crippen molar-refractivity contribution < 1.29 is 0 Å². The lowest BCUT2D eigenvalue weighted by atomic mass is 10.1. The summed E-state index contributed by atoms with van der Waals surface area (Å²) in [4.78, 5) is 4.52. The Bertz CT molecular complexity index is 1050. The van der Waals surface area contributed by atoms with E-state index in [-0.39, 0.29) is 0 Å². The van der Waals surface area contributed by atoms with Crippen molar-refractivity contribution in [3.63, 3.8) is 0 Å². The third-order valence-corrected chi connectivity index (χ3v) is 4.00. The molecule has 7 heteroatoms. The molecule has 0 bridgehead atoms. The van der Waals surface area contributed by atoms with E-state index in [1.54, 1.807) is 6.20 Å². The first kappa shape index (κ1) is 14.2. The fourth-order valence-electron chi connectivity index (χ4n) is 2.84. The zero-order valence-corrected chi connectivity index (χ0v) is 12.9. The SMILES string of the molecule is N#CCCCn1cc2c(N)nc3cc(-c4cc[nH]n4)ccc3c2n1. The number of aryl methyl sites for hydroxylation is 1. The molecule has 24 heavy (non-hydrogen) atoms. The van der Waals surface area contributed by atoms with E-state index < -0.39 is 0 Å². The molecule has 0 saturated heterocycles. The van der Waals surface area contributed by atoms with E-state index in [0.717, 1.165) is 39.5 Å². The van der Waals surface area contributed by atoms with Gasteiger partial charge in [-0.2, -0.15) is 15.5 Å². The fourth-order valence-corrected chi connectivity index (χ4v) is 2.84. The minimum absolute atomic E-state index is 0.461. The van der Waals surface area contributed by atoms with Crippen molar-refractivity contribution in [2.45, 2.75) is 19.4 Å². The van der Waals surface area contributed by atoms with Gasteiger partial charge < -0.3 is 5.73 Å². The molecule has 4 aromatic rings. The van der Waals surface area contributed by atoms with Crippen LogP contribution in [0.3, 0.4) is 0 Å². The van der Waals surface area contributed by atoms with Crippen molar-refractivity contribution in [1.29, 1.82) is 5.26 Å². The number of hydrogen-bond acceptors (Lipinski definition) is 5. The second-order valence-corrected chi connectivity index (χ2v) is 5.60. The highest BCUT2D eigenvalue weighted by Gasteiger charge is 2.12. The summed E-state index contributed by atoms with van der Waals surface area (Å²) in [6.07, 6.45) is 4.96. The molecule has 0 fully saturated rings. The van der Waals surface area contributed by atoms with Gasteiger partial charge in [0.15, 0.2) is 0 Å². The molecule has 0 saturated carbocycles. The van der Waals surface area contributed by atoms with E-state index in [9.17, 15) is 0 Å². The van der Waals surface area contributed by atoms with E-state index >= 15 is 0 Å². The highest BCUT2D eigenvalue weighted by Crippen LogP contribution is 2.29. The second kappa shape index (κ2) is 5.66. The third kappa shape index (κ3) is 2.34. The highest BCUT2D eigenvalue weighted by molar-refractivity contribution is 6.08. The van der Waals surface area contributed by atoms with Crippen LogP contribution in [0.4, 0.5) is 5.82 Å². The first-order chi connectivity index (χ1) is 11.8. The molecule has 0 radical (unpaired) electrons. The van der Waals surface area contributed by atoms with Crippen molar-refractivity contribution in [3.8, 4) is 17.3 Å². The predicted molar refractivity (Wildman–Crippen MR) is 91.9 cm³/mol. The van der Waals surface area contributed by atoms with Gasteiger partial charge in [-0.25, -0.2) is 4.98 Å². The lowest BCUT2D eigenvalue weighted by molar-refractivity contribution is 0.591. The molecule has 0 amide bonds. The summed E-state index contributed by atoms with van der Waals surface area (Å²) in [6, 6.07) is 10.0. The normalized spacial score (nSPS) is 11.1. The number of nitriles is 1. The molecular weight excluding hydrogens is 302 g/mol. The van der Waals surface area contributed by atoms with Gasteiger partial charge in [0.1, 0.15) is 11.3 Å². The number of aromatic amines is 1.